The molecule has 18 heavy (non-hydrogen) atoms. The first-order valence-corrected chi connectivity index (χ1v) is 5.52. The second kappa shape index (κ2) is 6.22. The molecular formula is C10H18N4O4. The zero-order chi connectivity index (χ0) is 13.7. The second-order valence-corrected chi connectivity index (χ2v) is 3.75. The largest absolute Gasteiger partial charge is 0.473 e. The Morgan fingerprint density at radius 3 is 2.39 bits per heavy atom. The Morgan fingerprint density at radius 2 is 1.83 bits per heavy atom. The van der Waals surface area contributed by atoms with E-state index in [1.54, 1.807) is 13.8 Å². The van der Waals surface area contributed by atoms with E-state index < -0.39 is 12.4 Å². The molecule has 0 spiro atoms. The molecule has 2 atom stereocenters. The van der Waals surface area contributed by atoms with Crippen molar-refractivity contribution in [2.24, 2.45) is 0 Å². The van der Waals surface area contributed by atoms with E-state index >= 15 is 0 Å². The third kappa shape index (κ3) is 3.90. The highest BCUT2D eigenvalue weighted by Crippen LogP contribution is 2.29. The number of aromatic nitrogens is 2. The van der Waals surface area contributed by atoms with Crippen molar-refractivity contribution in [3.63, 3.8) is 0 Å². The van der Waals surface area contributed by atoms with E-state index in [1.807, 2.05) is 0 Å². The van der Waals surface area contributed by atoms with Gasteiger partial charge in [0.25, 0.3) is 0 Å². The van der Waals surface area contributed by atoms with E-state index in [9.17, 15) is 5.11 Å². The van der Waals surface area contributed by atoms with Gasteiger partial charge in [-0.2, -0.15) is 9.97 Å². The molecule has 1 rings (SSSR count). The molecular weight excluding hydrogens is 240 g/mol. The second-order valence-electron chi connectivity index (χ2n) is 3.75. The number of ether oxygens (including phenoxy) is 2. The number of hydrogen-bond donors (Lipinski definition) is 4. The minimum absolute atomic E-state index is 0.0103. The number of nitrogens with two attached hydrogens (primary N) is 2. The summed E-state index contributed by atoms with van der Waals surface area (Å²) in [5.74, 6) is -0.123. The fourth-order valence-corrected chi connectivity index (χ4v) is 1.06. The van der Waals surface area contributed by atoms with E-state index in [1.165, 1.54) is 0 Å². The van der Waals surface area contributed by atoms with Crippen LogP contribution in [0, 0.1) is 0 Å². The lowest BCUT2D eigenvalue weighted by molar-refractivity contribution is -0.0218. The van der Waals surface area contributed by atoms with Crippen molar-refractivity contribution in [2.45, 2.75) is 32.7 Å². The molecule has 1 heterocycles. The number of anilines is 2. The van der Waals surface area contributed by atoms with E-state index in [-0.39, 0.29) is 30.0 Å². The number of nitrogens with zero attached hydrogens (tertiary/aromatic N) is 2. The van der Waals surface area contributed by atoms with Crippen LogP contribution in [-0.4, -0.2) is 39.2 Å². The van der Waals surface area contributed by atoms with Gasteiger partial charge in [-0.05, 0) is 6.92 Å². The van der Waals surface area contributed by atoms with Gasteiger partial charge in [0.1, 0.15) is 6.61 Å². The standard InChI is InChI=1S/C10H18N4O4/c1-3-6(16)18-9-7(11)8(13-10(12)14-9)17-4-5(2)15/h5-6,15-16H,3-4,11H2,1-2H3,(H2,12,13,14). The van der Waals surface area contributed by atoms with Gasteiger partial charge in [-0.25, -0.2) is 0 Å². The van der Waals surface area contributed by atoms with Crippen LogP contribution >= 0.6 is 0 Å². The summed E-state index contributed by atoms with van der Waals surface area (Å²) in [7, 11) is 0. The highest BCUT2D eigenvalue weighted by Gasteiger charge is 2.16. The van der Waals surface area contributed by atoms with Crippen LogP contribution in [0.4, 0.5) is 11.6 Å². The minimum atomic E-state index is -1.04. The molecule has 0 radical (unpaired) electrons. The molecule has 0 amide bonds. The van der Waals surface area contributed by atoms with E-state index in [0.29, 0.717) is 6.42 Å². The molecule has 6 N–H and O–H groups in total. The van der Waals surface area contributed by atoms with Crippen LogP contribution in [0.2, 0.25) is 0 Å². The molecule has 0 fully saturated rings. The first-order valence-electron chi connectivity index (χ1n) is 5.52. The van der Waals surface area contributed by atoms with E-state index in [2.05, 4.69) is 9.97 Å². The lowest BCUT2D eigenvalue weighted by Crippen LogP contribution is -2.18. The van der Waals surface area contributed by atoms with Crippen molar-refractivity contribution in [3.05, 3.63) is 0 Å². The molecule has 2 unspecified atom stereocenters. The maximum Gasteiger partial charge on any atom is 0.248 e. The average molecular weight is 258 g/mol. The summed E-state index contributed by atoms with van der Waals surface area (Å²) in [6.07, 6.45) is -1.34. The molecule has 0 aliphatic rings. The number of rotatable bonds is 6. The molecule has 0 aromatic carbocycles. The highest BCUT2D eigenvalue weighted by molar-refractivity contribution is 5.58. The van der Waals surface area contributed by atoms with Crippen molar-refractivity contribution >= 4 is 11.6 Å². The van der Waals surface area contributed by atoms with Gasteiger partial charge in [-0.3, -0.25) is 0 Å². The SMILES string of the molecule is CCC(O)Oc1nc(N)nc(OCC(C)O)c1N. The normalized spacial score (nSPS) is 14.0. The number of hydrogen-bond acceptors (Lipinski definition) is 8. The van der Waals surface area contributed by atoms with Crippen molar-refractivity contribution < 1.29 is 19.7 Å². The molecule has 0 aliphatic heterocycles. The Labute approximate surface area is 105 Å². The first-order chi connectivity index (χ1) is 8.43. The van der Waals surface area contributed by atoms with Crippen LogP contribution in [-0.2, 0) is 0 Å². The molecule has 0 saturated heterocycles. The smallest absolute Gasteiger partial charge is 0.248 e. The first kappa shape index (κ1) is 14.3. The van der Waals surface area contributed by atoms with Gasteiger partial charge in [0.15, 0.2) is 12.0 Å². The summed E-state index contributed by atoms with van der Waals surface area (Å²) in [5, 5.41) is 18.5. The monoisotopic (exact) mass is 258 g/mol. The number of nitrogen functional groups attached to an aromatic ring is 2. The van der Waals surface area contributed by atoms with Crippen molar-refractivity contribution in [1.29, 1.82) is 0 Å². The zero-order valence-corrected chi connectivity index (χ0v) is 10.3. The zero-order valence-electron chi connectivity index (χ0n) is 10.3. The summed E-state index contributed by atoms with van der Waals surface area (Å²) >= 11 is 0. The maximum atomic E-state index is 9.38. The average Bonchev–Trinajstić information content (AvgIpc) is 2.31. The Hall–Kier alpha value is -1.80. The van der Waals surface area contributed by atoms with Crippen molar-refractivity contribution in [2.75, 3.05) is 18.1 Å². The van der Waals surface area contributed by atoms with Gasteiger partial charge < -0.3 is 31.2 Å². The molecule has 8 heteroatoms. The number of aliphatic hydroxyl groups excluding tert-OH is 2. The predicted octanol–water partition coefficient (Wildman–Crippen LogP) is -0.492. The molecule has 8 nitrogen and oxygen atoms in total. The van der Waals surface area contributed by atoms with Crippen molar-refractivity contribution in [1.82, 2.24) is 9.97 Å². The van der Waals surface area contributed by atoms with Gasteiger partial charge in [-0.1, -0.05) is 6.92 Å². The van der Waals surface area contributed by atoms with Crippen LogP contribution in [0.15, 0.2) is 0 Å². The van der Waals surface area contributed by atoms with Crippen LogP contribution in [0.3, 0.4) is 0 Å². The quantitative estimate of drug-likeness (QED) is 0.501. The summed E-state index contributed by atoms with van der Waals surface area (Å²) < 4.78 is 10.2. The fourth-order valence-electron chi connectivity index (χ4n) is 1.06. The van der Waals surface area contributed by atoms with E-state index in [4.69, 9.17) is 26.0 Å². The van der Waals surface area contributed by atoms with Crippen molar-refractivity contribution in [3.8, 4) is 11.8 Å². The molecule has 0 bridgehead atoms. The Kier molecular flexibility index (Phi) is 4.93. The van der Waals surface area contributed by atoms with Gasteiger partial charge in [0, 0.05) is 6.42 Å². The Morgan fingerprint density at radius 1 is 1.22 bits per heavy atom. The van der Waals surface area contributed by atoms with Crippen LogP contribution in [0.5, 0.6) is 11.8 Å². The molecule has 0 saturated carbocycles. The van der Waals surface area contributed by atoms with Crippen LogP contribution in [0.1, 0.15) is 20.3 Å². The molecule has 1 aromatic heterocycles. The third-order valence-electron chi connectivity index (χ3n) is 1.95. The lowest BCUT2D eigenvalue weighted by atomic mass is 10.4. The number of aliphatic hydroxyl groups is 2. The molecule has 0 aliphatic carbocycles. The summed E-state index contributed by atoms with van der Waals surface area (Å²) in [5.41, 5.74) is 11.2. The minimum Gasteiger partial charge on any atom is -0.473 e. The fraction of sp³-hybridized carbons (Fsp3) is 0.600. The maximum absolute atomic E-state index is 9.38. The van der Waals surface area contributed by atoms with Gasteiger partial charge in [-0.15, -0.1) is 0 Å². The molecule has 1 aromatic rings. The molecule has 102 valence electrons. The summed E-state index contributed by atoms with van der Waals surface area (Å²) in [6, 6.07) is 0. The van der Waals surface area contributed by atoms with Gasteiger partial charge >= 0.3 is 0 Å². The van der Waals surface area contributed by atoms with Crippen LogP contribution in [0.25, 0.3) is 0 Å². The third-order valence-corrected chi connectivity index (χ3v) is 1.95. The van der Waals surface area contributed by atoms with Crippen LogP contribution < -0.4 is 20.9 Å². The lowest BCUT2D eigenvalue weighted by Gasteiger charge is -2.15. The van der Waals surface area contributed by atoms with Gasteiger partial charge in [0.05, 0.1) is 6.10 Å². The topological polar surface area (TPSA) is 137 Å². The summed E-state index contributed by atoms with van der Waals surface area (Å²) in [6.45, 7) is 3.30. The van der Waals surface area contributed by atoms with Gasteiger partial charge in [0.2, 0.25) is 17.7 Å². The Bertz CT molecular complexity index is 400. The Balaban J connectivity index is 2.91. The summed E-state index contributed by atoms with van der Waals surface area (Å²) in [4.78, 5) is 7.55. The predicted molar refractivity (Wildman–Crippen MR) is 65.0 cm³/mol. The van der Waals surface area contributed by atoms with E-state index in [0.717, 1.165) is 0 Å². The highest BCUT2D eigenvalue weighted by atomic mass is 16.6.